The molecule has 0 spiro atoms. The monoisotopic (exact) mass is 982 g/mol. The second kappa shape index (κ2) is 16.1. The molecule has 3 aromatic heterocycles. The summed E-state index contributed by atoms with van der Waals surface area (Å²) >= 11 is -0.145. The Kier molecular flexibility index (Phi) is 9.17. The minimum Gasteiger partial charge on any atom is 0 e. The Hall–Kier alpha value is -5.23. The van der Waals surface area contributed by atoms with E-state index in [4.69, 9.17) is 11.8 Å². The molecule has 0 bridgehead atoms. The Morgan fingerprint density at radius 1 is 0.554 bits per heavy atom. The average molecular weight is 981 g/mol. The number of hydrogen-bond donors (Lipinski definition) is 0. The van der Waals surface area contributed by atoms with E-state index in [-0.39, 0.29) is 49.8 Å². The molecule has 2 nitrogen and oxygen atoms in total. The van der Waals surface area contributed by atoms with Crippen molar-refractivity contribution in [3.05, 3.63) is 188 Å². The van der Waals surface area contributed by atoms with E-state index in [2.05, 4.69) is 132 Å². The summed E-state index contributed by atoms with van der Waals surface area (Å²) in [6.45, 7) is 0. The third-order valence-corrected chi connectivity index (χ3v) is 15.4. The molecule has 273 valence electrons. The molecule has 0 aliphatic heterocycles. The van der Waals surface area contributed by atoms with E-state index >= 15 is 0 Å². The molecule has 0 aliphatic rings. The van der Waals surface area contributed by atoms with Gasteiger partial charge in [-0.1, -0.05) is 84.1 Å². The summed E-state index contributed by atoms with van der Waals surface area (Å²) in [5.74, 6) is 7.19. The average Bonchev–Trinajstić information content (AvgIpc) is 3.66. The Morgan fingerprint density at radius 2 is 1.29 bits per heavy atom. The van der Waals surface area contributed by atoms with Gasteiger partial charge in [-0.15, -0.1) is 23.8 Å². The van der Waals surface area contributed by atoms with Gasteiger partial charge in [0.15, 0.2) is 0 Å². The molecule has 1 radical (unpaired) electrons. The van der Waals surface area contributed by atoms with Gasteiger partial charge in [0.1, 0.15) is 0 Å². The van der Waals surface area contributed by atoms with Gasteiger partial charge in [-0.25, -0.2) is 0 Å². The van der Waals surface area contributed by atoms with Crippen molar-refractivity contribution in [3.63, 3.8) is 0 Å². The second-order valence-electron chi connectivity index (χ2n) is 14.5. The van der Waals surface area contributed by atoms with Crippen molar-refractivity contribution in [2.45, 2.75) is 17.3 Å². The van der Waals surface area contributed by atoms with Gasteiger partial charge in [-0.3, -0.25) is 0 Å². The summed E-state index contributed by atoms with van der Waals surface area (Å²) in [6.07, 6.45) is 3.68. The molecule has 5 heteroatoms. The zero-order valence-electron chi connectivity index (χ0n) is 36.0. The molecular formula is C51H38GeIrN2S-2. The Labute approximate surface area is 355 Å². The topological polar surface area (TPSA) is 25.8 Å². The van der Waals surface area contributed by atoms with Gasteiger partial charge in [-0.2, -0.15) is 11.3 Å². The number of nitrogens with zero attached hydrogens (tertiary/aromatic N) is 2. The third-order valence-electron chi connectivity index (χ3n) is 9.95. The summed E-state index contributed by atoms with van der Waals surface area (Å²) in [5, 5.41) is 7.30. The van der Waals surface area contributed by atoms with Crippen LogP contribution in [0.25, 0.3) is 86.5 Å². The van der Waals surface area contributed by atoms with Crippen LogP contribution in [0.5, 0.6) is 0 Å². The van der Waals surface area contributed by atoms with Gasteiger partial charge in [-0.05, 0) is 50.2 Å². The van der Waals surface area contributed by atoms with E-state index < -0.39 is 19.3 Å². The number of hydrogen-bond acceptors (Lipinski definition) is 3. The van der Waals surface area contributed by atoms with Crippen molar-refractivity contribution >= 4 is 70.7 Å². The predicted octanol–water partition coefficient (Wildman–Crippen LogP) is 13.6. The maximum atomic E-state index is 8.34. The van der Waals surface area contributed by atoms with Gasteiger partial charge in [0, 0.05) is 31.0 Å². The van der Waals surface area contributed by atoms with E-state index in [0.717, 1.165) is 48.1 Å². The first-order chi connectivity index (χ1) is 29.0. The van der Waals surface area contributed by atoms with Crippen LogP contribution in [0, 0.1) is 12.1 Å². The molecule has 0 saturated carbocycles. The second-order valence-corrected chi connectivity index (χ2v) is 26.2. The molecule has 0 aliphatic carbocycles. The molecule has 0 saturated heterocycles. The number of fused-ring (bicyclic) bond motifs is 6. The fraction of sp³-hybridized carbons (Fsp3) is 0.0588. The SMILES string of the molecule is [2H]c1c([2H])c([2H])c(-c2ccnc(-c3[c-]ccc4c3sc3cc(-c5ccccc5)ccc34)c2)c([2H])c1[2H].[CH3][Ge]([CH3])([CH3])[c]1ccc(-c2[c-]ccc3c2ccc2ccccc23)nc1.[Ir]. The predicted molar refractivity (Wildman–Crippen MR) is 239 cm³/mol. The normalized spacial score (nSPS) is 12.6. The molecule has 56 heavy (non-hydrogen) atoms. The first kappa shape index (κ1) is 31.9. The van der Waals surface area contributed by atoms with E-state index in [1.54, 1.807) is 29.7 Å². The molecule has 0 amide bonds. The Bertz CT molecular complexity index is 3230. The molecule has 0 unspecified atom stereocenters. The van der Waals surface area contributed by atoms with Gasteiger partial charge in [0.2, 0.25) is 0 Å². The number of aromatic nitrogens is 2. The van der Waals surface area contributed by atoms with Crippen LogP contribution in [-0.2, 0) is 20.1 Å². The van der Waals surface area contributed by atoms with Crippen molar-refractivity contribution in [2.24, 2.45) is 0 Å². The molecule has 10 rings (SSSR count). The van der Waals surface area contributed by atoms with Crippen LogP contribution in [0.15, 0.2) is 176 Å². The van der Waals surface area contributed by atoms with Crippen molar-refractivity contribution < 1.29 is 27.0 Å². The fourth-order valence-corrected chi connectivity index (χ4v) is 10.5. The van der Waals surface area contributed by atoms with Gasteiger partial charge >= 0.3 is 146 Å². The number of rotatable bonds is 5. The van der Waals surface area contributed by atoms with Crippen molar-refractivity contribution in [1.29, 1.82) is 0 Å². The maximum absolute atomic E-state index is 8.34. The summed E-state index contributed by atoms with van der Waals surface area (Å²) in [7, 11) is 0. The van der Waals surface area contributed by atoms with Gasteiger partial charge in [0.25, 0.3) is 0 Å². The third kappa shape index (κ3) is 7.51. The van der Waals surface area contributed by atoms with Crippen molar-refractivity contribution in [2.75, 3.05) is 0 Å². The zero-order valence-corrected chi connectivity index (χ0v) is 36.3. The standard InChI is InChI=1S/C29H18NS.C22H20GeN.Ir/c1-3-8-20(9-4-1)22-14-15-24-25-12-7-13-26(29(25)31-28(24)19-22)27-18-23(16-17-30-27)21-10-5-2-6-11-21;1-23(2,3)17-12-14-22(24-15-17)21-10-6-9-19-18-8-5-4-7-16(18)11-13-20(19)21;/h1-12,14-19H;4-9,11-15H,1-3H3;/q2*-1;/i2D,5D,6D,10D,11D;;. The molecular weight excluding hydrogens is 937 g/mol. The first-order valence-electron chi connectivity index (χ1n) is 20.7. The summed E-state index contributed by atoms with van der Waals surface area (Å²) in [6, 6.07) is 50.8. The fourth-order valence-electron chi connectivity index (χ4n) is 7.04. The van der Waals surface area contributed by atoms with E-state index in [1.165, 1.54) is 25.9 Å². The molecule has 0 fully saturated rings. The Balaban J connectivity index is 0.000000179. The van der Waals surface area contributed by atoms with Crippen LogP contribution in [0.1, 0.15) is 6.85 Å². The molecule has 0 N–H and O–H groups in total. The number of pyridine rings is 2. The molecule has 10 aromatic rings. The van der Waals surface area contributed by atoms with Crippen molar-refractivity contribution in [3.8, 4) is 44.8 Å². The summed E-state index contributed by atoms with van der Waals surface area (Å²) in [4.78, 5) is 9.33. The van der Waals surface area contributed by atoms with Crippen LogP contribution in [0.2, 0.25) is 17.3 Å². The van der Waals surface area contributed by atoms with Crippen molar-refractivity contribution in [1.82, 2.24) is 9.97 Å². The summed E-state index contributed by atoms with van der Waals surface area (Å²) < 4.78 is 44.3. The maximum Gasteiger partial charge on any atom is 0 e. The van der Waals surface area contributed by atoms with Crippen LogP contribution in [-0.4, -0.2) is 23.2 Å². The van der Waals surface area contributed by atoms with E-state index in [0.29, 0.717) is 11.3 Å². The van der Waals surface area contributed by atoms with Crippen LogP contribution in [0.3, 0.4) is 0 Å². The van der Waals surface area contributed by atoms with Crippen LogP contribution >= 0.6 is 11.3 Å². The van der Waals surface area contributed by atoms with Crippen LogP contribution in [0.4, 0.5) is 0 Å². The van der Waals surface area contributed by atoms with E-state index in [9.17, 15) is 0 Å². The smallest absolute Gasteiger partial charge is 0 e. The minimum atomic E-state index is -1.82. The van der Waals surface area contributed by atoms with E-state index in [1.807, 2.05) is 30.3 Å². The first-order valence-corrected chi connectivity index (χ1v) is 26.4. The zero-order chi connectivity index (χ0) is 41.7. The quantitative estimate of drug-likeness (QED) is 0.0976. The number of thiophene rings is 1. The minimum absolute atomic E-state index is 0. The Morgan fingerprint density at radius 3 is 2.07 bits per heavy atom. The summed E-state index contributed by atoms with van der Waals surface area (Å²) in [5.41, 5.74) is 6.56. The van der Waals surface area contributed by atoms with Gasteiger partial charge < -0.3 is 4.98 Å². The molecule has 0 atom stereocenters. The molecule has 3 heterocycles. The number of benzene rings is 7. The largest absolute Gasteiger partial charge is 0 e. The molecule has 7 aromatic carbocycles. The van der Waals surface area contributed by atoms with Crippen LogP contribution < -0.4 is 4.40 Å². The van der Waals surface area contributed by atoms with Gasteiger partial charge in [0.05, 0.1) is 6.85 Å².